The molecule has 0 aliphatic rings. The average Bonchev–Trinajstić information content (AvgIpc) is 2.70. The molecule has 2 aromatic rings. The highest BCUT2D eigenvalue weighted by molar-refractivity contribution is 5.87. The molecule has 0 aliphatic heterocycles. The van der Waals surface area contributed by atoms with Crippen molar-refractivity contribution in [1.82, 2.24) is 0 Å². The summed E-state index contributed by atoms with van der Waals surface area (Å²) >= 11 is 0. The molecule has 0 radical (unpaired) electrons. The summed E-state index contributed by atoms with van der Waals surface area (Å²) < 4.78 is 16.5. The van der Waals surface area contributed by atoms with Crippen molar-refractivity contribution >= 4 is 12.0 Å². The lowest BCUT2D eigenvalue weighted by molar-refractivity contribution is -0.138. The number of esters is 1. The van der Waals surface area contributed by atoms with Gasteiger partial charge < -0.3 is 14.2 Å². The van der Waals surface area contributed by atoms with Crippen molar-refractivity contribution in [2.45, 2.75) is 26.9 Å². The van der Waals surface area contributed by atoms with Crippen LogP contribution in [0.15, 0.2) is 48.5 Å². The highest BCUT2D eigenvalue weighted by Crippen LogP contribution is 2.29. The van der Waals surface area contributed by atoms with Gasteiger partial charge >= 0.3 is 5.97 Å². The lowest BCUT2D eigenvalue weighted by Crippen LogP contribution is -2.02. The van der Waals surface area contributed by atoms with Gasteiger partial charge in [-0.25, -0.2) is 4.79 Å². The van der Waals surface area contributed by atoms with E-state index in [4.69, 9.17) is 19.5 Å². The Morgan fingerprint density at radius 1 is 1.11 bits per heavy atom. The van der Waals surface area contributed by atoms with E-state index in [1.165, 1.54) is 6.08 Å². The third-order valence-electron chi connectivity index (χ3n) is 3.65. The van der Waals surface area contributed by atoms with Crippen LogP contribution in [0.2, 0.25) is 0 Å². The second kappa shape index (κ2) is 10.7. The van der Waals surface area contributed by atoms with Gasteiger partial charge in [-0.05, 0) is 43.2 Å². The largest absolute Gasteiger partial charge is 0.490 e. The Bertz CT molecular complexity index is 836. The monoisotopic (exact) mass is 365 g/mol. The molecule has 0 unspecified atom stereocenters. The van der Waals surface area contributed by atoms with Crippen molar-refractivity contribution in [1.29, 1.82) is 5.26 Å². The first-order valence-corrected chi connectivity index (χ1v) is 8.90. The molecule has 0 atom stereocenters. The Balaban J connectivity index is 2.00. The van der Waals surface area contributed by atoms with Crippen molar-refractivity contribution < 1.29 is 19.0 Å². The number of nitrogens with zero attached hydrogens (tertiary/aromatic N) is 1. The SMILES string of the molecule is CCCOc1ccc(/C=C/C(=O)OCc2ccccc2C#N)cc1OCC. The first-order valence-electron chi connectivity index (χ1n) is 8.90. The minimum absolute atomic E-state index is 0.0564. The topological polar surface area (TPSA) is 68.5 Å². The smallest absolute Gasteiger partial charge is 0.331 e. The number of carbonyl (C=O) groups is 1. The summed E-state index contributed by atoms with van der Waals surface area (Å²) in [5, 5.41) is 9.06. The normalized spacial score (nSPS) is 10.4. The molecule has 27 heavy (non-hydrogen) atoms. The highest BCUT2D eigenvalue weighted by Gasteiger charge is 2.07. The number of nitriles is 1. The number of rotatable bonds is 9. The number of carbonyl (C=O) groups excluding carboxylic acids is 1. The van der Waals surface area contributed by atoms with Crippen molar-refractivity contribution in [3.8, 4) is 17.6 Å². The molecular formula is C22H23NO4. The molecule has 0 aliphatic carbocycles. The molecular weight excluding hydrogens is 342 g/mol. The van der Waals surface area contributed by atoms with Crippen LogP contribution in [0.3, 0.4) is 0 Å². The molecule has 2 aromatic carbocycles. The number of ether oxygens (including phenoxy) is 3. The van der Waals surface area contributed by atoms with E-state index in [1.54, 1.807) is 30.3 Å². The maximum Gasteiger partial charge on any atom is 0.331 e. The van der Waals surface area contributed by atoms with Crippen LogP contribution < -0.4 is 9.47 Å². The number of benzene rings is 2. The molecule has 5 heteroatoms. The fourth-order valence-electron chi connectivity index (χ4n) is 2.34. The fourth-order valence-corrected chi connectivity index (χ4v) is 2.34. The summed E-state index contributed by atoms with van der Waals surface area (Å²) in [7, 11) is 0. The predicted octanol–water partition coefficient (Wildman–Crippen LogP) is 4.50. The van der Waals surface area contributed by atoms with Gasteiger partial charge in [-0.15, -0.1) is 0 Å². The maximum atomic E-state index is 12.0. The third kappa shape index (κ3) is 6.19. The summed E-state index contributed by atoms with van der Waals surface area (Å²) in [6, 6.07) is 14.6. The summed E-state index contributed by atoms with van der Waals surface area (Å²) in [5.41, 5.74) is 1.98. The second-order valence-corrected chi connectivity index (χ2v) is 5.70. The fraction of sp³-hybridized carbons (Fsp3) is 0.273. The van der Waals surface area contributed by atoms with E-state index >= 15 is 0 Å². The Morgan fingerprint density at radius 2 is 1.93 bits per heavy atom. The molecule has 0 aromatic heterocycles. The first kappa shape index (κ1) is 20.1. The van der Waals surface area contributed by atoms with E-state index < -0.39 is 5.97 Å². The summed E-state index contributed by atoms with van der Waals surface area (Å²) in [6.07, 6.45) is 3.92. The quantitative estimate of drug-likeness (QED) is 0.483. The van der Waals surface area contributed by atoms with E-state index in [0.29, 0.717) is 35.8 Å². The first-order chi connectivity index (χ1) is 13.2. The Kier molecular flexibility index (Phi) is 7.92. The van der Waals surface area contributed by atoms with Gasteiger partial charge in [0, 0.05) is 11.6 Å². The molecule has 5 nitrogen and oxygen atoms in total. The molecule has 0 heterocycles. The summed E-state index contributed by atoms with van der Waals surface area (Å²) in [6.45, 7) is 5.14. The van der Waals surface area contributed by atoms with E-state index in [0.717, 1.165) is 12.0 Å². The van der Waals surface area contributed by atoms with Gasteiger partial charge in [-0.3, -0.25) is 0 Å². The van der Waals surface area contributed by atoms with Gasteiger partial charge in [0.15, 0.2) is 11.5 Å². The number of hydrogen-bond acceptors (Lipinski definition) is 5. The molecule has 0 fully saturated rings. The zero-order chi connectivity index (χ0) is 19.5. The average molecular weight is 365 g/mol. The van der Waals surface area contributed by atoms with Gasteiger partial charge in [0.1, 0.15) is 6.61 Å². The molecule has 2 rings (SSSR count). The lowest BCUT2D eigenvalue weighted by atomic mass is 10.1. The molecule has 0 saturated heterocycles. The van der Waals surface area contributed by atoms with Gasteiger partial charge in [-0.2, -0.15) is 5.26 Å². The zero-order valence-electron chi connectivity index (χ0n) is 15.6. The molecule has 0 bridgehead atoms. The van der Waals surface area contributed by atoms with Crippen LogP contribution in [0.5, 0.6) is 11.5 Å². The van der Waals surface area contributed by atoms with E-state index in [1.807, 2.05) is 32.0 Å². The van der Waals surface area contributed by atoms with Crippen LogP contribution >= 0.6 is 0 Å². The van der Waals surface area contributed by atoms with Gasteiger partial charge in [-0.1, -0.05) is 31.2 Å². The van der Waals surface area contributed by atoms with Gasteiger partial charge in [0.05, 0.1) is 24.8 Å². The molecule has 140 valence electrons. The lowest BCUT2D eigenvalue weighted by Gasteiger charge is -2.12. The third-order valence-corrected chi connectivity index (χ3v) is 3.65. The maximum absolute atomic E-state index is 12.0. The second-order valence-electron chi connectivity index (χ2n) is 5.70. The van der Waals surface area contributed by atoms with E-state index in [-0.39, 0.29) is 6.61 Å². The van der Waals surface area contributed by atoms with Crippen LogP contribution in [0.4, 0.5) is 0 Å². The molecule has 0 saturated carbocycles. The van der Waals surface area contributed by atoms with Crippen LogP contribution in [-0.4, -0.2) is 19.2 Å². The Labute approximate surface area is 159 Å². The highest BCUT2D eigenvalue weighted by atomic mass is 16.5. The molecule has 0 N–H and O–H groups in total. The standard InChI is InChI=1S/C22H23NO4/c1-3-13-26-20-11-9-17(14-21(20)25-4-2)10-12-22(24)27-16-19-8-6-5-7-18(19)15-23/h5-12,14H,3-4,13,16H2,1-2H3/b12-10+. The van der Waals surface area contributed by atoms with Crippen molar-refractivity contribution in [2.75, 3.05) is 13.2 Å². The van der Waals surface area contributed by atoms with Crippen molar-refractivity contribution in [2.24, 2.45) is 0 Å². The predicted molar refractivity (Wildman–Crippen MR) is 103 cm³/mol. The Morgan fingerprint density at radius 3 is 2.67 bits per heavy atom. The molecule has 0 spiro atoms. The van der Waals surface area contributed by atoms with Gasteiger partial charge in [0.25, 0.3) is 0 Å². The minimum atomic E-state index is -0.480. The van der Waals surface area contributed by atoms with Crippen LogP contribution in [0.1, 0.15) is 37.0 Å². The van der Waals surface area contributed by atoms with E-state index in [2.05, 4.69) is 6.07 Å². The minimum Gasteiger partial charge on any atom is -0.490 e. The zero-order valence-corrected chi connectivity index (χ0v) is 15.6. The van der Waals surface area contributed by atoms with E-state index in [9.17, 15) is 4.79 Å². The van der Waals surface area contributed by atoms with Crippen LogP contribution in [0, 0.1) is 11.3 Å². The number of hydrogen-bond donors (Lipinski definition) is 0. The molecule has 0 amide bonds. The Hall–Kier alpha value is -3.26. The van der Waals surface area contributed by atoms with Crippen molar-refractivity contribution in [3.05, 3.63) is 65.2 Å². The summed E-state index contributed by atoms with van der Waals surface area (Å²) in [4.78, 5) is 12.0. The summed E-state index contributed by atoms with van der Waals surface area (Å²) in [5.74, 6) is 0.850. The van der Waals surface area contributed by atoms with Gasteiger partial charge in [0.2, 0.25) is 0 Å². The van der Waals surface area contributed by atoms with Crippen molar-refractivity contribution in [3.63, 3.8) is 0 Å². The van der Waals surface area contributed by atoms with Crippen LogP contribution in [-0.2, 0) is 16.1 Å². The van der Waals surface area contributed by atoms with Crippen LogP contribution in [0.25, 0.3) is 6.08 Å².